The van der Waals surface area contributed by atoms with E-state index in [9.17, 15) is 0 Å². The summed E-state index contributed by atoms with van der Waals surface area (Å²) in [5, 5.41) is 0. The molecule has 0 aliphatic rings. The zero-order valence-electron chi connectivity index (χ0n) is 10.9. The summed E-state index contributed by atoms with van der Waals surface area (Å²) in [5.74, 6) is 2.09. The van der Waals surface area contributed by atoms with Gasteiger partial charge in [-0.2, -0.15) is 0 Å². The maximum atomic E-state index is 7.50. The molecular weight excluding hydrogens is 288 g/mol. The van der Waals surface area contributed by atoms with Crippen molar-refractivity contribution in [1.29, 1.82) is 0 Å². The van der Waals surface area contributed by atoms with Crippen LogP contribution in [0, 0.1) is 20.0 Å². The molecule has 94 valence electrons. The Morgan fingerprint density at radius 2 is 1.30 bits per heavy atom. The van der Waals surface area contributed by atoms with E-state index in [4.69, 9.17) is 14.0 Å². The van der Waals surface area contributed by atoms with Crippen LogP contribution in [0.2, 0.25) is 0 Å². The Morgan fingerprint density at radius 1 is 0.800 bits per heavy atom. The normalized spacial score (nSPS) is 6.10. The third kappa shape index (κ3) is 12.0. The Bertz CT molecular complexity index is 425. The third-order valence-electron chi connectivity index (χ3n) is 1.88. The average Bonchev–Trinajstić information content (AvgIpc) is 2.55. The molecule has 1 aromatic heterocycles. The summed E-state index contributed by atoms with van der Waals surface area (Å²) >= 11 is 0. The first kappa shape index (κ1) is 27.3. The predicted molar refractivity (Wildman–Crippen MR) is 63.3 cm³/mol. The molecule has 0 bridgehead atoms. The molecule has 0 atom stereocenters. The second kappa shape index (κ2) is 23.0. The monoisotopic (exact) mass is 297 g/mol. The van der Waals surface area contributed by atoms with Crippen LogP contribution in [-0.2, 0) is 31.3 Å². The molecule has 0 saturated carbocycles. The number of hydrogen-bond donors (Lipinski definition) is 0. The fourth-order valence-electron chi connectivity index (χ4n) is 1.26. The van der Waals surface area contributed by atoms with Crippen LogP contribution in [0.5, 0.6) is 0 Å². The first-order valence-electron chi connectivity index (χ1n) is 4.66. The molecule has 2 aromatic rings. The molecule has 0 fully saturated rings. The van der Waals surface area contributed by atoms with Gasteiger partial charge in [0.15, 0.2) is 0 Å². The maximum Gasteiger partial charge on any atom is 1.00 e. The van der Waals surface area contributed by atoms with Crippen LogP contribution in [0.15, 0.2) is 54.6 Å². The van der Waals surface area contributed by atoms with Crippen molar-refractivity contribution in [3.05, 3.63) is 74.6 Å². The maximum absolute atomic E-state index is 7.50. The molecule has 0 saturated heterocycles. The molecule has 0 N–H and O–H groups in total. The fourth-order valence-corrected chi connectivity index (χ4v) is 1.26. The standard InChI is InChI=1S/C10H9BN.3CO.Cr.Li/c1-2-6-10(7-3-1)11-8-4-5-9-12-11;3*1-2;;/h1-9H;;;;;/q-1;;;;;+1. The van der Waals surface area contributed by atoms with Gasteiger partial charge in [-0.05, 0) is 6.20 Å². The van der Waals surface area contributed by atoms with E-state index in [0.29, 0.717) is 0 Å². The minimum Gasteiger partial charge on any atom is -0.519 e. The summed E-state index contributed by atoms with van der Waals surface area (Å²) in [5.41, 5.74) is 1.25. The Hall–Kier alpha value is -1.09. The quantitative estimate of drug-likeness (QED) is 0.377. The molecule has 1 heterocycles. The minimum atomic E-state index is 0. The Labute approximate surface area is 141 Å². The predicted octanol–water partition coefficient (Wildman–Crippen LogP) is -1.01. The zero-order valence-corrected chi connectivity index (χ0v) is 12.1. The van der Waals surface area contributed by atoms with Crippen molar-refractivity contribution in [3.63, 3.8) is 0 Å². The average molecular weight is 297 g/mol. The van der Waals surface area contributed by atoms with E-state index >= 15 is 0 Å². The van der Waals surface area contributed by atoms with E-state index in [2.05, 4.69) is 42.9 Å². The Morgan fingerprint density at radius 3 is 1.70 bits per heavy atom. The van der Waals surface area contributed by atoms with E-state index in [-0.39, 0.29) is 42.7 Å². The molecule has 4 nitrogen and oxygen atoms in total. The Balaban J connectivity index is -0.000000143. The largest absolute Gasteiger partial charge is 1.00 e. The van der Waals surface area contributed by atoms with Gasteiger partial charge in [0.25, 0.3) is 0 Å². The van der Waals surface area contributed by atoms with E-state index in [1.54, 1.807) is 0 Å². The van der Waals surface area contributed by atoms with Gasteiger partial charge in [0.2, 0.25) is 0 Å². The van der Waals surface area contributed by atoms with Crippen molar-refractivity contribution in [2.45, 2.75) is 0 Å². The van der Waals surface area contributed by atoms with Gasteiger partial charge in [-0.3, -0.25) is 0 Å². The number of nitrogens with zero attached hydrogens (tertiary/aromatic N) is 1. The van der Waals surface area contributed by atoms with E-state index in [0.717, 1.165) is 0 Å². The number of benzene rings is 1. The second-order valence-electron chi connectivity index (χ2n) is 2.73. The van der Waals surface area contributed by atoms with Crippen molar-refractivity contribution < 1.29 is 50.2 Å². The van der Waals surface area contributed by atoms with Crippen molar-refractivity contribution in [3.8, 4) is 5.46 Å². The van der Waals surface area contributed by atoms with Crippen molar-refractivity contribution in [2.75, 3.05) is 0 Å². The van der Waals surface area contributed by atoms with Crippen LogP contribution in [0.4, 0.5) is 0 Å². The van der Waals surface area contributed by atoms with E-state index in [1.807, 2.05) is 36.5 Å². The minimum absolute atomic E-state index is 0. The molecule has 0 spiro atoms. The molecule has 0 unspecified atom stereocenters. The number of rotatable bonds is 1. The topological polar surface area (TPSA) is 72.6 Å². The van der Waals surface area contributed by atoms with Gasteiger partial charge in [-0.15, -0.1) is 6.07 Å². The molecule has 7 heteroatoms. The molecule has 20 heavy (non-hydrogen) atoms. The van der Waals surface area contributed by atoms with Gasteiger partial charge >= 0.3 is 52.8 Å². The first-order valence-corrected chi connectivity index (χ1v) is 4.66. The van der Waals surface area contributed by atoms with Crippen LogP contribution in [0.25, 0.3) is 5.46 Å². The van der Waals surface area contributed by atoms with Crippen LogP contribution >= 0.6 is 0 Å². The molecule has 2 rings (SSSR count). The van der Waals surface area contributed by atoms with Crippen LogP contribution in [0.1, 0.15) is 0 Å². The van der Waals surface area contributed by atoms with Crippen molar-refractivity contribution in [2.24, 2.45) is 0 Å². The molecule has 0 amide bonds. The smallest absolute Gasteiger partial charge is 0.519 e. The van der Waals surface area contributed by atoms with Gasteiger partial charge in [0, 0.05) is 23.8 Å². The van der Waals surface area contributed by atoms with Gasteiger partial charge in [0.1, 0.15) is 0 Å². The van der Waals surface area contributed by atoms with Gasteiger partial charge in [0.05, 0.1) is 0 Å². The van der Waals surface area contributed by atoms with E-state index < -0.39 is 0 Å². The summed E-state index contributed by atoms with van der Waals surface area (Å²) in [4.78, 5) is 4.33. The molecular formula is C13H9BCrLiNO3. The van der Waals surface area contributed by atoms with Crippen LogP contribution in [-0.4, -0.2) is 11.4 Å². The zero-order chi connectivity index (χ0) is 14.2. The van der Waals surface area contributed by atoms with Gasteiger partial charge in [-0.1, -0.05) is 36.4 Å². The summed E-state index contributed by atoms with van der Waals surface area (Å²) in [6.07, 6.45) is 1.84. The van der Waals surface area contributed by atoms with Crippen molar-refractivity contribution >= 4 is 6.49 Å². The molecule has 0 radical (unpaired) electrons. The molecule has 1 aromatic carbocycles. The number of hydrogen-bond acceptors (Lipinski definition) is 1. The third-order valence-corrected chi connectivity index (χ3v) is 1.88. The molecule has 0 aliphatic carbocycles. The van der Waals surface area contributed by atoms with Gasteiger partial charge < -0.3 is 4.89 Å². The van der Waals surface area contributed by atoms with E-state index in [1.165, 1.54) is 5.46 Å². The summed E-state index contributed by atoms with van der Waals surface area (Å²) in [6, 6.07) is 14.3. The summed E-state index contributed by atoms with van der Waals surface area (Å²) in [6.45, 7) is 13.7. The SMILES string of the molecule is [C-]#[O+].[C-]#[O+].[C-]#[O+].[Cr].[Li+].c1ccc(-[b-]2ccccn2)cc1. The first-order chi connectivity index (χ1) is 8.97. The van der Waals surface area contributed by atoms with Gasteiger partial charge in [-0.25, -0.2) is 11.4 Å². The fraction of sp³-hybridized carbons (Fsp3) is 0. The van der Waals surface area contributed by atoms with Crippen LogP contribution < -0.4 is 18.9 Å². The molecule has 0 aliphatic heterocycles. The number of aromatic nitrogens is 1. The second-order valence-corrected chi connectivity index (χ2v) is 2.73. The Kier molecular flexibility index (Phi) is 31.4. The summed E-state index contributed by atoms with van der Waals surface area (Å²) < 4.78 is 22.5. The van der Waals surface area contributed by atoms with Crippen LogP contribution in [0.3, 0.4) is 0 Å². The van der Waals surface area contributed by atoms with Crippen molar-refractivity contribution in [1.82, 2.24) is 4.89 Å². The summed E-state index contributed by atoms with van der Waals surface area (Å²) in [7, 11) is 0.